The van der Waals surface area contributed by atoms with Crippen LogP contribution in [-0.2, 0) is 6.54 Å². The van der Waals surface area contributed by atoms with Crippen LogP contribution in [0.25, 0.3) is 10.1 Å². The van der Waals surface area contributed by atoms with E-state index in [4.69, 9.17) is 0 Å². The Hall–Kier alpha value is -0.860. The van der Waals surface area contributed by atoms with Crippen LogP contribution in [0.2, 0.25) is 0 Å². The number of thiophene rings is 1. The standard InChI is InChI=1S/C17H23NS/c1-2-13-7-3-5-9-16(13)18-11-14-12-19-17-10-6-4-8-15(14)17/h4,6,8,10,12-13,16,18H,2-3,5,7,9,11H2,1H3. The van der Waals surface area contributed by atoms with Gasteiger partial charge in [0.25, 0.3) is 0 Å². The minimum atomic E-state index is 0.734. The third kappa shape index (κ3) is 2.85. The molecule has 0 radical (unpaired) electrons. The van der Waals surface area contributed by atoms with Crippen LogP contribution in [0, 0.1) is 5.92 Å². The normalized spacial score (nSPS) is 23.8. The summed E-state index contributed by atoms with van der Waals surface area (Å²) in [5, 5.41) is 7.58. The lowest BCUT2D eigenvalue weighted by molar-refractivity contribution is 0.254. The Morgan fingerprint density at radius 2 is 2.05 bits per heavy atom. The van der Waals surface area contributed by atoms with Crippen molar-refractivity contribution in [2.75, 3.05) is 0 Å². The third-order valence-corrected chi connectivity index (χ3v) is 5.56. The molecule has 0 amide bonds. The number of hydrogen-bond acceptors (Lipinski definition) is 2. The van der Waals surface area contributed by atoms with Crippen LogP contribution in [-0.4, -0.2) is 6.04 Å². The fourth-order valence-electron chi connectivity index (χ4n) is 3.38. The van der Waals surface area contributed by atoms with E-state index in [0.29, 0.717) is 0 Å². The van der Waals surface area contributed by atoms with E-state index >= 15 is 0 Å². The summed E-state index contributed by atoms with van der Waals surface area (Å²) in [5.41, 5.74) is 1.47. The predicted octanol–water partition coefficient (Wildman–Crippen LogP) is 4.96. The van der Waals surface area contributed by atoms with Gasteiger partial charge in [0.05, 0.1) is 0 Å². The fraction of sp³-hybridized carbons (Fsp3) is 0.529. The molecule has 102 valence electrons. The molecule has 1 aromatic carbocycles. The highest BCUT2D eigenvalue weighted by Gasteiger charge is 2.23. The zero-order valence-corrected chi connectivity index (χ0v) is 12.5. The first kappa shape index (κ1) is 13.1. The van der Waals surface area contributed by atoms with Gasteiger partial charge in [-0.15, -0.1) is 11.3 Å². The average Bonchev–Trinajstić information content (AvgIpc) is 2.89. The van der Waals surface area contributed by atoms with Crippen molar-refractivity contribution in [2.24, 2.45) is 5.92 Å². The van der Waals surface area contributed by atoms with Gasteiger partial charge in [0, 0.05) is 17.3 Å². The van der Waals surface area contributed by atoms with Crippen molar-refractivity contribution in [1.29, 1.82) is 0 Å². The van der Waals surface area contributed by atoms with Gasteiger partial charge in [-0.3, -0.25) is 0 Å². The first-order chi connectivity index (χ1) is 9.38. The van der Waals surface area contributed by atoms with E-state index in [0.717, 1.165) is 18.5 Å². The molecule has 19 heavy (non-hydrogen) atoms. The third-order valence-electron chi connectivity index (χ3n) is 4.55. The van der Waals surface area contributed by atoms with E-state index in [-0.39, 0.29) is 0 Å². The van der Waals surface area contributed by atoms with Gasteiger partial charge < -0.3 is 5.32 Å². The van der Waals surface area contributed by atoms with Gasteiger partial charge in [-0.25, -0.2) is 0 Å². The monoisotopic (exact) mass is 273 g/mol. The first-order valence-electron chi connectivity index (χ1n) is 7.57. The van der Waals surface area contributed by atoms with Crippen molar-refractivity contribution in [3.63, 3.8) is 0 Å². The Balaban J connectivity index is 1.68. The van der Waals surface area contributed by atoms with Crippen LogP contribution < -0.4 is 5.32 Å². The van der Waals surface area contributed by atoms with Crippen molar-refractivity contribution in [2.45, 2.75) is 51.6 Å². The van der Waals surface area contributed by atoms with Crippen molar-refractivity contribution in [3.8, 4) is 0 Å². The van der Waals surface area contributed by atoms with Crippen molar-refractivity contribution >= 4 is 21.4 Å². The molecule has 0 saturated heterocycles. The maximum Gasteiger partial charge on any atom is 0.0346 e. The molecule has 1 aliphatic carbocycles. The van der Waals surface area contributed by atoms with Crippen LogP contribution in [0.15, 0.2) is 29.6 Å². The highest BCUT2D eigenvalue weighted by molar-refractivity contribution is 7.17. The van der Waals surface area contributed by atoms with Crippen LogP contribution in [0.4, 0.5) is 0 Å². The van der Waals surface area contributed by atoms with Gasteiger partial charge in [0.1, 0.15) is 0 Å². The molecule has 0 bridgehead atoms. The second-order valence-corrected chi connectivity index (χ2v) is 6.61. The molecular weight excluding hydrogens is 250 g/mol. The molecule has 2 aromatic rings. The quantitative estimate of drug-likeness (QED) is 0.830. The highest BCUT2D eigenvalue weighted by Crippen LogP contribution is 2.29. The van der Waals surface area contributed by atoms with Crippen molar-refractivity contribution < 1.29 is 0 Å². The molecule has 1 saturated carbocycles. The molecule has 0 spiro atoms. The van der Waals surface area contributed by atoms with Crippen LogP contribution >= 0.6 is 11.3 Å². The van der Waals surface area contributed by atoms with Gasteiger partial charge in [0.2, 0.25) is 0 Å². The molecule has 0 aliphatic heterocycles. The lowest BCUT2D eigenvalue weighted by Crippen LogP contribution is -2.37. The van der Waals surface area contributed by atoms with E-state index in [1.165, 1.54) is 47.8 Å². The SMILES string of the molecule is CCC1CCCCC1NCc1csc2ccccc12. The van der Waals surface area contributed by atoms with Crippen molar-refractivity contribution in [3.05, 3.63) is 35.2 Å². The molecule has 1 aliphatic rings. The van der Waals surface area contributed by atoms with E-state index in [1.54, 1.807) is 0 Å². The fourth-order valence-corrected chi connectivity index (χ4v) is 4.34. The smallest absolute Gasteiger partial charge is 0.0346 e. The molecule has 2 heteroatoms. The molecule has 1 fully saturated rings. The molecule has 1 heterocycles. The van der Waals surface area contributed by atoms with Crippen LogP contribution in [0.1, 0.15) is 44.6 Å². The lowest BCUT2D eigenvalue weighted by atomic mass is 9.83. The Morgan fingerprint density at radius 3 is 2.95 bits per heavy atom. The number of hydrogen-bond donors (Lipinski definition) is 1. The average molecular weight is 273 g/mol. The molecule has 1 aromatic heterocycles. The largest absolute Gasteiger partial charge is 0.310 e. The second kappa shape index (κ2) is 6.06. The predicted molar refractivity (Wildman–Crippen MR) is 84.7 cm³/mol. The Kier molecular flexibility index (Phi) is 4.19. The summed E-state index contributed by atoms with van der Waals surface area (Å²) in [5.74, 6) is 0.888. The zero-order chi connectivity index (χ0) is 13.1. The maximum absolute atomic E-state index is 3.82. The lowest BCUT2D eigenvalue weighted by Gasteiger charge is -2.31. The van der Waals surface area contributed by atoms with Gasteiger partial charge in [-0.1, -0.05) is 44.4 Å². The summed E-state index contributed by atoms with van der Waals surface area (Å²) in [6.45, 7) is 3.37. The first-order valence-corrected chi connectivity index (χ1v) is 8.45. The van der Waals surface area contributed by atoms with Crippen LogP contribution in [0.3, 0.4) is 0 Å². The summed E-state index contributed by atoms with van der Waals surface area (Å²) in [6.07, 6.45) is 6.93. The summed E-state index contributed by atoms with van der Waals surface area (Å²) in [6, 6.07) is 9.48. The number of rotatable bonds is 4. The summed E-state index contributed by atoms with van der Waals surface area (Å²) < 4.78 is 1.41. The molecule has 1 N–H and O–H groups in total. The van der Waals surface area contributed by atoms with Gasteiger partial charge >= 0.3 is 0 Å². The Morgan fingerprint density at radius 1 is 1.21 bits per heavy atom. The van der Waals surface area contributed by atoms with Crippen molar-refractivity contribution in [1.82, 2.24) is 5.32 Å². The summed E-state index contributed by atoms with van der Waals surface area (Å²) in [4.78, 5) is 0. The minimum absolute atomic E-state index is 0.734. The van der Waals surface area contributed by atoms with Gasteiger partial charge in [-0.05, 0) is 41.2 Å². The maximum atomic E-state index is 3.82. The second-order valence-electron chi connectivity index (χ2n) is 5.70. The Labute approximate surface area is 120 Å². The zero-order valence-electron chi connectivity index (χ0n) is 11.7. The number of nitrogens with one attached hydrogen (secondary N) is 1. The van der Waals surface area contributed by atoms with Crippen LogP contribution in [0.5, 0.6) is 0 Å². The van der Waals surface area contributed by atoms with E-state index in [1.807, 2.05) is 11.3 Å². The van der Waals surface area contributed by atoms with E-state index < -0.39 is 0 Å². The number of fused-ring (bicyclic) bond motifs is 1. The minimum Gasteiger partial charge on any atom is -0.310 e. The highest BCUT2D eigenvalue weighted by atomic mass is 32.1. The molecule has 3 rings (SSSR count). The summed E-state index contributed by atoms with van der Waals surface area (Å²) in [7, 11) is 0. The number of benzene rings is 1. The molecule has 2 atom stereocenters. The van der Waals surface area contributed by atoms with Gasteiger partial charge in [0.15, 0.2) is 0 Å². The summed E-state index contributed by atoms with van der Waals surface area (Å²) >= 11 is 1.87. The van der Waals surface area contributed by atoms with E-state index in [9.17, 15) is 0 Å². The molecular formula is C17H23NS. The van der Waals surface area contributed by atoms with Gasteiger partial charge in [-0.2, -0.15) is 0 Å². The molecule has 1 nitrogen and oxygen atoms in total. The Bertz CT molecular complexity index is 531. The topological polar surface area (TPSA) is 12.0 Å². The molecule has 2 unspecified atom stereocenters. The van der Waals surface area contributed by atoms with E-state index in [2.05, 4.69) is 41.9 Å².